The highest BCUT2D eigenvalue weighted by Gasteiger charge is 2.08. The third-order valence-electron chi connectivity index (χ3n) is 3.83. The van der Waals surface area contributed by atoms with Gasteiger partial charge in [0.05, 0.1) is 0 Å². The minimum Gasteiger partial charge on any atom is -0.0958 e. The molecule has 0 atom stereocenters. The van der Waals surface area contributed by atoms with E-state index in [1.54, 1.807) is 0 Å². The Morgan fingerprint density at radius 2 is 1.25 bits per heavy atom. The Hall–Kier alpha value is -0.520. The normalized spacial score (nSPS) is 12.2. The van der Waals surface area contributed by atoms with Crippen LogP contribution in [-0.2, 0) is 0 Å². The van der Waals surface area contributed by atoms with E-state index in [4.69, 9.17) is 0 Å². The molecule has 0 unspecified atom stereocenters. The predicted octanol–water partition coefficient (Wildman–Crippen LogP) is 7.46. The van der Waals surface area contributed by atoms with Gasteiger partial charge in [0.1, 0.15) is 0 Å². The Morgan fingerprint density at radius 3 is 1.70 bits per heavy atom. The molecule has 118 valence electrons. The van der Waals surface area contributed by atoms with Crippen LogP contribution in [0.3, 0.4) is 0 Å². The highest BCUT2D eigenvalue weighted by atomic mass is 14.1. The Kier molecular flexibility index (Phi) is 11.9. The molecule has 0 aliphatic heterocycles. The second-order valence-corrected chi connectivity index (χ2v) is 7.40. The predicted molar refractivity (Wildman–Crippen MR) is 94.2 cm³/mol. The van der Waals surface area contributed by atoms with Crippen LogP contribution in [0.5, 0.6) is 0 Å². The summed E-state index contributed by atoms with van der Waals surface area (Å²) in [6, 6.07) is 0. The second kappa shape index (κ2) is 12.2. The molecule has 0 aliphatic carbocycles. The monoisotopic (exact) mass is 278 g/mol. The first-order chi connectivity index (χ1) is 9.45. The van der Waals surface area contributed by atoms with E-state index < -0.39 is 0 Å². The first kappa shape index (κ1) is 19.5. The van der Waals surface area contributed by atoms with E-state index in [1.165, 1.54) is 76.2 Å². The zero-order chi connectivity index (χ0) is 15.3. The van der Waals surface area contributed by atoms with E-state index in [0.717, 1.165) is 0 Å². The van der Waals surface area contributed by atoms with Crippen molar-refractivity contribution in [1.29, 1.82) is 0 Å². The zero-order valence-corrected chi connectivity index (χ0v) is 14.6. The van der Waals surface area contributed by atoms with E-state index in [9.17, 15) is 0 Å². The van der Waals surface area contributed by atoms with Crippen molar-refractivity contribution in [3.8, 4) is 0 Å². The Labute approximate surface area is 128 Å². The maximum absolute atomic E-state index is 4.05. The number of hydrogen-bond donors (Lipinski definition) is 0. The van der Waals surface area contributed by atoms with Crippen LogP contribution in [0, 0.1) is 5.41 Å². The van der Waals surface area contributed by atoms with Gasteiger partial charge in [0.15, 0.2) is 0 Å². The fourth-order valence-electron chi connectivity index (χ4n) is 2.56. The van der Waals surface area contributed by atoms with Crippen LogP contribution >= 0.6 is 0 Å². The van der Waals surface area contributed by atoms with Crippen molar-refractivity contribution < 1.29 is 0 Å². The van der Waals surface area contributed by atoms with Crippen molar-refractivity contribution in [2.75, 3.05) is 0 Å². The quantitative estimate of drug-likeness (QED) is 0.257. The molecule has 0 N–H and O–H groups in total. The molecule has 0 aliphatic rings. The summed E-state index contributed by atoms with van der Waals surface area (Å²) >= 11 is 0. The van der Waals surface area contributed by atoms with Gasteiger partial charge in [-0.3, -0.25) is 0 Å². The largest absolute Gasteiger partial charge is 0.0958 e. The van der Waals surface area contributed by atoms with Gasteiger partial charge in [0.2, 0.25) is 0 Å². The molecule has 0 fully saturated rings. The summed E-state index contributed by atoms with van der Waals surface area (Å²) < 4.78 is 0. The van der Waals surface area contributed by atoms with E-state index in [1.807, 2.05) is 0 Å². The van der Waals surface area contributed by atoms with Gasteiger partial charge in [-0.2, -0.15) is 0 Å². The smallest absolute Gasteiger partial charge is 0.0285 e. The van der Waals surface area contributed by atoms with E-state index in [0.29, 0.717) is 5.41 Å². The zero-order valence-electron chi connectivity index (χ0n) is 14.6. The van der Waals surface area contributed by atoms with Crippen LogP contribution < -0.4 is 0 Å². The van der Waals surface area contributed by atoms with Crippen molar-refractivity contribution in [2.24, 2.45) is 5.41 Å². The fourth-order valence-corrected chi connectivity index (χ4v) is 2.56. The lowest BCUT2D eigenvalue weighted by atomic mass is 9.89. The van der Waals surface area contributed by atoms with E-state index in [2.05, 4.69) is 46.4 Å². The molecular weight excluding hydrogens is 240 g/mol. The van der Waals surface area contributed by atoms with Crippen molar-refractivity contribution in [3.05, 3.63) is 24.3 Å². The molecule has 0 bridgehead atoms. The molecule has 0 heteroatoms. The summed E-state index contributed by atoms with van der Waals surface area (Å²) in [4.78, 5) is 0. The fraction of sp³-hybridized carbons (Fsp3) is 0.800. The first-order valence-corrected chi connectivity index (χ1v) is 8.76. The van der Waals surface area contributed by atoms with Crippen LogP contribution in [0.2, 0.25) is 0 Å². The Bertz CT molecular complexity index is 252. The molecule has 0 aromatic carbocycles. The number of unbranched alkanes of at least 4 members (excludes halogenated alkanes) is 8. The molecule has 0 heterocycles. The molecule has 0 radical (unpaired) electrons. The molecule has 0 rings (SSSR count). The summed E-state index contributed by atoms with van der Waals surface area (Å²) in [6.07, 6.45) is 19.5. The minimum absolute atomic E-state index is 0.525. The molecule has 20 heavy (non-hydrogen) atoms. The number of hydrogen-bond acceptors (Lipinski definition) is 0. The molecule has 0 spiro atoms. The van der Waals surface area contributed by atoms with Crippen LogP contribution in [-0.4, -0.2) is 0 Å². The van der Waals surface area contributed by atoms with Crippen molar-refractivity contribution in [3.63, 3.8) is 0 Å². The average molecular weight is 279 g/mol. The highest BCUT2D eigenvalue weighted by molar-refractivity contribution is 5.12. The molecular formula is C20H38. The van der Waals surface area contributed by atoms with Gasteiger partial charge in [-0.05, 0) is 31.6 Å². The highest BCUT2D eigenvalue weighted by Crippen LogP contribution is 2.22. The second-order valence-electron chi connectivity index (χ2n) is 7.40. The molecule has 0 saturated heterocycles. The standard InChI is InChI=1S/C20H38/c1-6-16-19(2)17-14-12-10-8-7-9-11-13-15-18-20(3,4)5/h6,16H,2,7-15,17-18H2,1,3-5H3/b16-6+. The number of rotatable bonds is 12. The van der Waals surface area contributed by atoms with Gasteiger partial charge >= 0.3 is 0 Å². The van der Waals surface area contributed by atoms with Crippen molar-refractivity contribution in [1.82, 2.24) is 0 Å². The summed E-state index contributed by atoms with van der Waals surface area (Å²) in [7, 11) is 0. The van der Waals surface area contributed by atoms with Gasteiger partial charge in [-0.15, -0.1) is 0 Å². The lowest BCUT2D eigenvalue weighted by molar-refractivity contribution is 0.356. The summed E-state index contributed by atoms with van der Waals surface area (Å²) in [6.45, 7) is 13.1. The van der Waals surface area contributed by atoms with Gasteiger partial charge in [0.25, 0.3) is 0 Å². The topological polar surface area (TPSA) is 0 Å². The molecule has 0 nitrogen and oxygen atoms in total. The molecule has 0 amide bonds. The van der Waals surface area contributed by atoms with Gasteiger partial charge in [-0.1, -0.05) is 96.4 Å². The lowest BCUT2D eigenvalue weighted by Crippen LogP contribution is -2.03. The Balaban J connectivity index is 3.16. The Morgan fingerprint density at radius 1 is 0.800 bits per heavy atom. The van der Waals surface area contributed by atoms with E-state index in [-0.39, 0.29) is 0 Å². The maximum atomic E-state index is 4.05. The van der Waals surface area contributed by atoms with Crippen LogP contribution in [0.4, 0.5) is 0 Å². The summed E-state index contributed by atoms with van der Waals surface area (Å²) in [5.41, 5.74) is 1.81. The minimum atomic E-state index is 0.525. The third kappa shape index (κ3) is 15.5. The van der Waals surface area contributed by atoms with Crippen LogP contribution in [0.25, 0.3) is 0 Å². The average Bonchev–Trinajstić information content (AvgIpc) is 2.35. The SMILES string of the molecule is C=C(/C=C/C)CCCCCCCCCCCC(C)(C)C. The third-order valence-corrected chi connectivity index (χ3v) is 3.83. The van der Waals surface area contributed by atoms with Gasteiger partial charge < -0.3 is 0 Å². The van der Waals surface area contributed by atoms with Crippen LogP contribution in [0.15, 0.2) is 24.3 Å². The van der Waals surface area contributed by atoms with Gasteiger partial charge in [0, 0.05) is 0 Å². The van der Waals surface area contributed by atoms with Gasteiger partial charge in [-0.25, -0.2) is 0 Å². The number of allylic oxidation sites excluding steroid dienone is 3. The maximum Gasteiger partial charge on any atom is -0.0285 e. The summed E-state index contributed by atoms with van der Waals surface area (Å²) in [5.74, 6) is 0. The van der Waals surface area contributed by atoms with Crippen LogP contribution in [0.1, 0.15) is 98.3 Å². The molecule has 0 saturated carbocycles. The van der Waals surface area contributed by atoms with Crippen molar-refractivity contribution >= 4 is 0 Å². The molecule has 0 aromatic heterocycles. The van der Waals surface area contributed by atoms with E-state index >= 15 is 0 Å². The lowest BCUT2D eigenvalue weighted by Gasteiger charge is -2.17. The summed E-state index contributed by atoms with van der Waals surface area (Å²) in [5, 5.41) is 0. The molecule has 0 aromatic rings. The van der Waals surface area contributed by atoms with Crippen molar-refractivity contribution in [2.45, 2.75) is 98.3 Å². The first-order valence-electron chi connectivity index (χ1n) is 8.76.